The molecule has 1 aromatic carbocycles. The van der Waals surface area contributed by atoms with E-state index in [0.29, 0.717) is 13.1 Å². The fraction of sp³-hybridized carbons (Fsp3) is 0.462. The van der Waals surface area contributed by atoms with Crippen molar-refractivity contribution in [3.63, 3.8) is 0 Å². The molecule has 5 heteroatoms. The molecule has 1 atom stereocenters. The maximum Gasteiger partial charge on any atom is 0.169 e. The number of hydrogen-bond donors (Lipinski definition) is 1. The number of benzene rings is 1. The van der Waals surface area contributed by atoms with E-state index in [1.807, 2.05) is 0 Å². The zero-order chi connectivity index (χ0) is 13.7. The van der Waals surface area contributed by atoms with Gasteiger partial charge in [-0.1, -0.05) is 6.07 Å². The number of aliphatic hydroxyl groups is 1. The number of hydrogen-bond acceptors (Lipinski definition) is 3. The molecule has 0 radical (unpaired) electrons. The summed E-state index contributed by atoms with van der Waals surface area (Å²) in [6, 6.07) is 3.56. The van der Waals surface area contributed by atoms with Crippen molar-refractivity contribution < 1.29 is 18.7 Å². The Morgan fingerprint density at radius 3 is 2.72 bits per heavy atom. The molecule has 0 saturated carbocycles. The minimum Gasteiger partial charge on any atom is -0.392 e. The normalized spacial score (nSPS) is 12.8. The van der Waals surface area contributed by atoms with Gasteiger partial charge in [0.15, 0.2) is 17.4 Å². The second kappa shape index (κ2) is 6.56. The molecule has 3 nitrogen and oxygen atoms in total. The van der Waals surface area contributed by atoms with Crippen LogP contribution in [-0.4, -0.2) is 42.0 Å². The largest absolute Gasteiger partial charge is 0.392 e. The Labute approximate surface area is 105 Å². The van der Waals surface area contributed by atoms with E-state index in [9.17, 15) is 13.6 Å². The van der Waals surface area contributed by atoms with E-state index in [0.717, 1.165) is 6.07 Å². The first kappa shape index (κ1) is 14.7. The van der Waals surface area contributed by atoms with Gasteiger partial charge in [0.25, 0.3) is 0 Å². The topological polar surface area (TPSA) is 40.5 Å². The van der Waals surface area contributed by atoms with Crippen LogP contribution in [0.5, 0.6) is 0 Å². The van der Waals surface area contributed by atoms with Crippen LogP contribution in [-0.2, 0) is 0 Å². The lowest BCUT2D eigenvalue weighted by Crippen LogP contribution is -2.29. The molecule has 0 heterocycles. The van der Waals surface area contributed by atoms with Crippen molar-refractivity contribution in [1.82, 2.24) is 4.90 Å². The molecule has 0 fully saturated rings. The number of ketones is 1. The molecule has 1 aromatic rings. The van der Waals surface area contributed by atoms with Crippen molar-refractivity contribution in [2.24, 2.45) is 0 Å². The second-order valence-electron chi connectivity index (χ2n) is 4.39. The monoisotopic (exact) mass is 257 g/mol. The summed E-state index contributed by atoms with van der Waals surface area (Å²) in [4.78, 5) is 13.5. The molecule has 1 N–H and O–H groups in total. The number of aliphatic hydroxyl groups excluding tert-OH is 1. The van der Waals surface area contributed by atoms with Gasteiger partial charge in [-0.3, -0.25) is 4.79 Å². The Morgan fingerprint density at radius 2 is 2.11 bits per heavy atom. The molecule has 1 rings (SSSR count). The van der Waals surface area contributed by atoms with Gasteiger partial charge in [0.2, 0.25) is 0 Å². The summed E-state index contributed by atoms with van der Waals surface area (Å²) < 4.78 is 26.3. The Hall–Kier alpha value is -1.33. The fourth-order valence-electron chi connectivity index (χ4n) is 1.69. The van der Waals surface area contributed by atoms with Gasteiger partial charge in [0, 0.05) is 19.5 Å². The minimum absolute atomic E-state index is 0.0869. The number of halogens is 2. The van der Waals surface area contributed by atoms with Crippen molar-refractivity contribution in [3.8, 4) is 0 Å². The average Bonchev–Trinajstić information content (AvgIpc) is 2.29. The quantitative estimate of drug-likeness (QED) is 0.791. The SMILES string of the molecule is CC(O)CN(C)CCC(=O)c1cccc(F)c1F. The molecule has 0 amide bonds. The summed E-state index contributed by atoms with van der Waals surface area (Å²) in [5.74, 6) is -2.55. The van der Waals surface area contributed by atoms with E-state index in [1.54, 1.807) is 18.9 Å². The smallest absolute Gasteiger partial charge is 0.169 e. The Bertz CT molecular complexity index is 421. The number of nitrogens with zero attached hydrogens (tertiary/aromatic N) is 1. The van der Waals surface area contributed by atoms with Gasteiger partial charge < -0.3 is 10.0 Å². The molecule has 0 aromatic heterocycles. The molecule has 0 bridgehead atoms. The molecule has 0 aliphatic carbocycles. The third kappa shape index (κ3) is 4.16. The van der Waals surface area contributed by atoms with Crippen LogP contribution in [0.15, 0.2) is 18.2 Å². The average molecular weight is 257 g/mol. The second-order valence-corrected chi connectivity index (χ2v) is 4.39. The van der Waals surface area contributed by atoms with Gasteiger partial charge in [-0.15, -0.1) is 0 Å². The molecule has 0 saturated heterocycles. The van der Waals surface area contributed by atoms with Gasteiger partial charge >= 0.3 is 0 Å². The van der Waals surface area contributed by atoms with Crippen molar-refractivity contribution in [2.45, 2.75) is 19.4 Å². The molecular formula is C13H17F2NO2. The van der Waals surface area contributed by atoms with E-state index >= 15 is 0 Å². The maximum atomic E-state index is 13.3. The van der Waals surface area contributed by atoms with Gasteiger partial charge in [0.05, 0.1) is 11.7 Å². The van der Waals surface area contributed by atoms with E-state index in [-0.39, 0.29) is 12.0 Å². The van der Waals surface area contributed by atoms with E-state index in [1.165, 1.54) is 12.1 Å². The van der Waals surface area contributed by atoms with Crippen LogP contribution in [0.3, 0.4) is 0 Å². The lowest BCUT2D eigenvalue weighted by Gasteiger charge is -2.17. The molecular weight excluding hydrogens is 240 g/mol. The summed E-state index contributed by atoms with van der Waals surface area (Å²) in [5.41, 5.74) is -0.222. The Balaban J connectivity index is 2.58. The first-order valence-corrected chi connectivity index (χ1v) is 5.75. The predicted molar refractivity (Wildman–Crippen MR) is 64.5 cm³/mol. The zero-order valence-corrected chi connectivity index (χ0v) is 10.5. The Morgan fingerprint density at radius 1 is 1.44 bits per heavy atom. The van der Waals surface area contributed by atoms with Gasteiger partial charge in [-0.25, -0.2) is 8.78 Å². The third-order valence-electron chi connectivity index (χ3n) is 2.55. The van der Waals surface area contributed by atoms with E-state index in [2.05, 4.69) is 0 Å². The zero-order valence-electron chi connectivity index (χ0n) is 10.5. The molecule has 0 spiro atoms. The summed E-state index contributed by atoms with van der Waals surface area (Å²) >= 11 is 0. The number of carbonyl (C=O) groups is 1. The summed E-state index contributed by atoms with van der Waals surface area (Å²) in [7, 11) is 1.75. The molecule has 0 aliphatic heterocycles. The standard InChI is InChI=1S/C13H17F2NO2/c1-9(17)8-16(2)7-6-12(18)10-4-3-5-11(14)13(10)15/h3-5,9,17H,6-8H2,1-2H3. The fourth-order valence-corrected chi connectivity index (χ4v) is 1.69. The van der Waals surface area contributed by atoms with Crippen molar-refractivity contribution in [3.05, 3.63) is 35.4 Å². The van der Waals surface area contributed by atoms with Crippen LogP contribution in [0.2, 0.25) is 0 Å². The summed E-state index contributed by atoms with van der Waals surface area (Å²) in [6.45, 7) is 2.46. The lowest BCUT2D eigenvalue weighted by atomic mass is 10.1. The third-order valence-corrected chi connectivity index (χ3v) is 2.55. The summed E-state index contributed by atoms with van der Waals surface area (Å²) in [6.07, 6.45) is -0.403. The highest BCUT2D eigenvalue weighted by atomic mass is 19.2. The number of carbonyl (C=O) groups excluding carboxylic acids is 1. The van der Waals surface area contributed by atoms with Crippen LogP contribution < -0.4 is 0 Å². The molecule has 0 aliphatic rings. The number of Topliss-reactive ketones (excluding diaryl/α,β-unsaturated/α-hetero) is 1. The number of rotatable bonds is 6. The van der Waals surface area contributed by atoms with Gasteiger partial charge in [-0.2, -0.15) is 0 Å². The molecule has 1 unspecified atom stereocenters. The number of likely N-dealkylation sites (N-methyl/N-ethyl adjacent to an activating group) is 1. The van der Waals surface area contributed by atoms with Gasteiger partial charge in [0.1, 0.15) is 0 Å². The summed E-state index contributed by atoms with van der Waals surface area (Å²) in [5, 5.41) is 9.15. The maximum absolute atomic E-state index is 13.3. The first-order chi connectivity index (χ1) is 8.41. The minimum atomic E-state index is -1.10. The van der Waals surface area contributed by atoms with Crippen molar-refractivity contribution >= 4 is 5.78 Å². The molecule has 100 valence electrons. The van der Waals surface area contributed by atoms with Gasteiger partial charge in [-0.05, 0) is 26.1 Å². The highest BCUT2D eigenvalue weighted by molar-refractivity contribution is 5.96. The first-order valence-electron chi connectivity index (χ1n) is 5.75. The Kier molecular flexibility index (Phi) is 5.37. The van der Waals surface area contributed by atoms with E-state index in [4.69, 9.17) is 5.11 Å². The van der Waals surface area contributed by atoms with Crippen LogP contribution >= 0.6 is 0 Å². The van der Waals surface area contributed by atoms with Crippen LogP contribution in [0.25, 0.3) is 0 Å². The van der Waals surface area contributed by atoms with Crippen LogP contribution in [0.4, 0.5) is 8.78 Å². The highest BCUT2D eigenvalue weighted by Crippen LogP contribution is 2.13. The van der Waals surface area contributed by atoms with E-state index < -0.39 is 23.5 Å². The lowest BCUT2D eigenvalue weighted by molar-refractivity contribution is 0.0943. The van der Waals surface area contributed by atoms with Crippen molar-refractivity contribution in [2.75, 3.05) is 20.1 Å². The highest BCUT2D eigenvalue weighted by Gasteiger charge is 2.15. The molecule has 18 heavy (non-hydrogen) atoms. The van der Waals surface area contributed by atoms with Crippen LogP contribution in [0.1, 0.15) is 23.7 Å². The van der Waals surface area contributed by atoms with Crippen molar-refractivity contribution in [1.29, 1.82) is 0 Å². The predicted octanol–water partition coefficient (Wildman–Crippen LogP) is 1.85. The van der Waals surface area contributed by atoms with Crippen LogP contribution in [0, 0.1) is 11.6 Å².